The molecular formula is C11H18N2O3S. The molecular weight excluding hydrogens is 240 g/mol. The van der Waals surface area contributed by atoms with Crippen LogP contribution in [0.25, 0.3) is 0 Å². The van der Waals surface area contributed by atoms with Crippen LogP contribution in [0, 0.1) is 0 Å². The Balaban J connectivity index is 2.70. The van der Waals surface area contributed by atoms with Crippen molar-refractivity contribution < 1.29 is 13.2 Å². The van der Waals surface area contributed by atoms with Gasteiger partial charge in [-0.05, 0) is 24.6 Å². The summed E-state index contributed by atoms with van der Waals surface area (Å²) >= 11 is 0. The first kappa shape index (κ1) is 13.8. The van der Waals surface area contributed by atoms with Crippen molar-refractivity contribution in [3.63, 3.8) is 0 Å². The quantitative estimate of drug-likeness (QED) is 0.590. The molecule has 0 aromatic heterocycles. The van der Waals surface area contributed by atoms with E-state index in [4.69, 9.17) is 10.5 Å². The topological polar surface area (TPSA) is 81.4 Å². The van der Waals surface area contributed by atoms with Gasteiger partial charge in [0.2, 0.25) is 0 Å². The van der Waals surface area contributed by atoms with E-state index in [0.29, 0.717) is 12.3 Å². The normalized spacial score (nSPS) is 11.4. The van der Waals surface area contributed by atoms with Crippen LogP contribution in [-0.4, -0.2) is 34.9 Å². The zero-order chi connectivity index (χ0) is 12.9. The lowest BCUT2D eigenvalue weighted by Crippen LogP contribution is -2.07. The van der Waals surface area contributed by atoms with Crippen LogP contribution in [0.2, 0.25) is 0 Å². The predicted molar refractivity (Wildman–Crippen MR) is 68.9 cm³/mol. The number of sulfone groups is 1. The van der Waals surface area contributed by atoms with Gasteiger partial charge in [-0.1, -0.05) is 0 Å². The molecule has 0 saturated heterocycles. The second-order valence-corrected chi connectivity index (χ2v) is 5.81. The van der Waals surface area contributed by atoms with Gasteiger partial charge in [-0.3, -0.25) is 0 Å². The van der Waals surface area contributed by atoms with Gasteiger partial charge < -0.3 is 15.8 Å². The number of nitrogen functional groups attached to an aromatic ring is 1. The van der Waals surface area contributed by atoms with Gasteiger partial charge in [-0.15, -0.1) is 0 Å². The third kappa shape index (κ3) is 4.24. The first-order valence-electron chi connectivity index (χ1n) is 5.27. The number of methoxy groups -OCH3 is 1. The summed E-state index contributed by atoms with van der Waals surface area (Å²) in [5.74, 6) is 0. The molecule has 5 nitrogen and oxygen atoms in total. The number of nitrogens with one attached hydrogen (secondary N) is 1. The molecule has 0 aliphatic rings. The minimum atomic E-state index is -3.20. The van der Waals surface area contributed by atoms with Crippen molar-refractivity contribution >= 4 is 21.2 Å². The number of anilines is 2. The fraction of sp³-hybridized carbons (Fsp3) is 0.455. The standard InChI is InChI=1S/C11H18N2O3S/c1-16-7-3-6-13-11-5-4-9(8-10(11)12)17(2,14)15/h4-5,8,13H,3,6-7,12H2,1-2H3. The maximum atomic E-state index is 11.3. The molecule has 0 amide bonds. The molecule has 0 radical (unpaired) electrons. The Morgan fingerprint density at radius 2 is 2.12 bits per heavy atom. The largest absolute Gasteiger partial charge is 0.397 e. The summed E-state index contributed by atoms with van der Waals surface area (Å²) in [6, 6.07) is 4.69. The highest BCUT2D eigenvalue weighted by Crippen LogP contribution is 2.22. The number of rotatable bonds is 6. The summed E-state index contributed by atoms with van der Waals surface area (Å²) in [7, 11) is -1.55. The Bertz CT molecular complexity index is 472. The lowest BCUT2D eigenvalue weighted by molar-refractivity contribution is 0.198. The molecule has 0 bridgehead atoms. The van der Waals surface area contributed by atoms with Crippen molar-refractivity contribution in [2.75, 3.05) is 37.6 Å². The van der Waals surface area contributed by atoms with Crippen molar-refractivity contribution in [1.29, 1.82) is 0 Å². The average molecular weight is 258 g/mol. The Kier molecular flexibility index (Phi) is 4.77. The molecule has 96 valence electrons. The van der Waals surface area contributed by atoms with Crippen molar-refractivity contribution in [3.05, 3.63) is 18.2 Å². The van der Waals surface area contributed by atoms with E-state index in [1.54, 1.807) is 19.2 Å². The van der Waals surface area contributed by atoms with E-state index in [2.05, 4.69) is 5.32 Å². The molecule has 0 aliphatic carbocycles. The molecule has 0 aliphatic heterocycles. The van der Waals surface area contributed by atoms with E-state index in [1.807, 2.05) is 0 Å². The first-order valence-corrected chi connectivity index (χ1v) is 7.16. The van der Waals surface area contributed by atoms with Crippen molar-refractivity contribution in [1.82, 2.24) is 0 Å². The summed E-state index contributed by atoms with van der Waals surface area (Å²) < 4.78 is 27.5. The molecule has 0 spiro atoms. The van der Waals surface area contributed by atoms with Crippen LogP contribution in [0.3, 0.4) is 0 Å². The Morgan fingerprint density at radius 1 is 1.41 bits per heavy atom. The number of ether oxygens (including phenoxy) is 1. The molecule has 17 heavy (non-hydrogen) atoms. The van der Waals surface area contributed by atoms with Gasteiger partial charge in [0.05, 0.1) is 16.3 Å². The maximum Gasteiger partial charge on any atom is 0.175 e. The van der Waals surface area contributed by atoms with E-state index >= 15 is 0 Å². The number of hydrogen-bond acceptors (Lipinski definition) is 5. The Hall–Kier alpha value is -1.27. The molecule has 1 aromatic carbocycles. The molecule has 0 unspecified atom stereocenters. The van der Waals surface area contributed by atoms with E-state index in [0.717, 1.165) is 24.9 Å². The molecule has 0 fully saturated rings. The first-order chi connectivity index (χ1) is 7.95. The minimum Gasteiger partial charge on any atom is -0.397 e. The molecule has 1 aromatic rings. The van der Waals surface area contributed by atoms with Crippen molar-refractivity contribution in [2.24, 2.45) is 0 Å². The molecule has 0 atom stereocenters. The van der Waals surface area contributed by atoms with Crippen molar-refractivity contribution in [3.8, 4) is 0 Å². The molecule has 0 saturated carbocycles. The third-order valence-corrected chi connectivity index (χ3v) is 3.40. The monoisotopic (exact) mass is 258 g/mol. The number of benzene rings is 1. The predicted octanol–water partition coefficient (Wildman–Crippen LogP) is 1.12. The molecule has 1 rings (SSSR count). The van der Waals surface area contributed by atoms with Crippen LogP contribution >= 0.6 is 0 Å². The zero-order valence-corrected chi connectivity index (χ0v) is 10.9. The summed E-state index contributed by atoms with van der Waals surface area (Å²) in [5.41, 5.74) is 6.95. The summed E-state index contributed by atoms with van der Waals surface area (Å²) in [4.78, 5) is 0.234. The lowest BCUT2D eigenvalue weighted by atomic mass is 10.2. The lowest BCUT2D eigenvalue weighted by Gasteiger charge is -2.10. The van der Waals surface area contributed by atoms with Gasteiger partial charge in [-0.2, -0.15) is 0 Å². The summed E-state index contributed by atoms with van der Waals surface area (Å²) in [5, 5.41) is 3.13. The molecule has 0 heterocycles. The minimum absolute atomic E-state index is 0.234. The van der Waals surface area contributed by atoms with E-state index in [-0.39, 0.29) is 4.90 Å². The number of hydrogen-bond donors (Lipinski definition) is 2. The SMILES string of the molecule is COCCCNc1ccc(S(C)(=O)=O)cc1N. The van der Waals surface area contributed by atoms with Crippen LogP contribution < -0.4 is 11.1 Å². The third-order valence-electron chi connectivity index (χ3n) is 2.29. The fourth-order valence-corrected chi connectivity index (χ4v) is 2.03. The van der Waals surface area contributed by atoms with E-state index < -0.39 is 9.84 Å². The van der Waals surface area contributed by atoms with Gasteiger partial charge in [0.1, 0.15) is 0 Å². The Labute approximate surface area is 102 Å². The average Bonchev–Trinajstić information content (AvgIpc) is 2.24. The van der Waals surface area contributed by atoms with Crippen LogP contribution in [0.4, 0.5) is 11.4 Å². The summed E-state index contributed by atoms with van der Waals surface area (Å²) in [6.07, 6.45) is 2.03. The number of nitrogens with two attached hydrogens (primary N) is 1. The van der Waals surface area contributed by atoms with Crippen LogP contribution in [-0.2, 0) is 14.6 Å². The van der Waals surface area contributed by atoms with Crippen LogP contribution in [0.1, 0.15) is 6.42 Å². The highest BCUT2D eigenvalue weighted by Gasteiger charge is 2.08. The highest BCUT2D eigenvalue weighted by molar-refractivity contribution is 7.90. The van der Waals surface area contributed by atoms with Gasteiger partial charge >= 0.3 is 0 Å². The second-order valence-electron chi connectivity index (χ2n) is 3.79. The molecule has 3 N–H and O–H groups in total. The smallest absolute Gasteiger partial charge is 0.175 e. The zero-order valence-electron chi connectivity index (χ0n) is 10.1. The van der Waals surface area contributed by atoms with Gasteiger partial charge in [0.15, 0.2) is 9.84 Å². The van der Waals surface area contributed by atoms with Gasteiger partial charge in [-0.25, -0.2) is 8.42 Å². The van der Waals surface area contributed by atoms with Gasteiger partial charge in [0.25, 0.3) is 0 Å². The Morgan fingerprint density at radius 3 is 2.65 bits per heavy atom. The van der Waals surface area contributed by atoms with Crippen molar-refractivity contribution in [2.45, 2.75) is 11.3 Å². The van der Waals surface area contributed by atoms with Crippen LogP contribution in [0.15, 0.2) is 23.1 Å². The van der Waals surface area contributed by atoms with Crippen LogP contribution in [0.5, 0.6) is 0 Å². The van der Waals surface area contributed by atoms with E-state index in [1.165, 1.54) is 6.07 Å². The second kappa shape index (κ2) is 5.88. The summed E-state index contributed by atoms with van der Waals surface area (Å²) in [6.45, 7) is 1.41. The molecule has 6 heteroatoms. The maximum absolute atomic E-state index is 11.3. The highest BCUT2D eigenvalue weighted by atomic mass is 32.2. The van der Waals surface area contributed by atoms with Gasteiger partial charge in [0, 0.05) is 26.5 Å². The fourth-order valence-electron chi connectivity index (χ4n) is 1.37. The van der Waals surface area contributed by atoms with E-state index in [9.17, 15) is 8.42 Å².